The van der Waals surface area contributed by atoms with Crippen molar-refractivity contribution < 1.29 is 14.3 Å². The minimum Gasteiger partial charge on any atom is -0.460 e. The van der Waals surface area contributed by atoms with Gasteiger partial charge in [-0.3, -0.25) is 9.59 Å². The second-order valence-corrected chi connectivity index (χ2v) is 6.56. The van der Waals surface area contributed by atoms with Gasteiger partial charge in [-0.15, -0.1) is 0 Å². The molecule has 3 atom stereocenters. The van der Waals surface area contributed by atoms with Crippen LogP contribution in [0.1, 0.15) is 37.7 Å². The van der Waals surface area contributed by atoms with Crippen LogP contribution in [0.25, 0.3) is 0 Å². The second kappa shape index (κ2) is 6.95. The van der Waals surface area contributed by atoms with Gasteiger partial charge >= 0.3 is 5.97 Å². The van der Waals surface area contributed by atoms with Gasteiger partial charge in [-0.25, -0.2) is 0 Å². The van der Waals surface area contributed by atoms with E-state index in [1.165, 1.54) is 25.7 Å². The van der Waals surface area contributed by atoms with E-state index < -0.39 is 0 Å². The topological polar surface area (TPSA) is 55.4 Å². The van der Waals surface area contributed by atoms with Crippen LogP contribution in [0.2, 0.25) is 0 Å². The first kappa shape index (κ1) is 15.1. The number of rotatable bonds is 6. The highest BCUT2D eigenvalue weighted by atomic mass is 16.5. The molecule has 0 spiro atoms. The van der Waals surface area contributed by atoms with Gasteiger partial charge in [-0.05, 0) is 42.6 Å². The number of carbonyl (C=O) groups excluding carboxylic acids is 2. The second-order valence-electron chi connectivity index (χ2n) is 6.56. The number of esters is 1. The van der Waals surface area contributed by atoms with Gasteiger partial charge in [-0.2, -0.15) is 0 Å². The predicted molar refractivity (Wildman–Crippen MR) is 82.8 cm³/mol. The van der Waals surface area contributed by atoms with Gasteiger partial charge in [0.05, 0.1) is 0 Å². The van der Waals surface area contributed by atoms with E-state index in [0.717, 1.165) is 17.4 Å². The monoisotopic (exact) mass is 301 g/mol. The molecule has 0 unspecified atom stereocenters. The highest BCUT2D eigenvalue weighted by Crippen LogP contribution is 2.49. The Morgan fingerprint density at radius 2 is 1.95 bits per heavy atom. The zero-order valence-corrected chi connectivity index (χ0v) is 12.8. The molecule has 0 aliphatic heterocycles. The van der Waals surface area contributed by atoms with Crippen molar-refractivity contribution in [3.63, 3.8) is 0 Å². The van der Waals surface area contributed by atoms with E-state index in [2.05, 4.69) is 5.32 Å². The minimum atomic E-state index is -0.384. The molecule has 2 saturated carbocycles. The number of fused-ring (bicyclic) bond motifs is 2. The molecule has 2 bridgehead atoms. The molecule has 1 amide bonds. The molecule has 118 valence electrons. The number of amides is 1. The van der Waals surface area contributed by atoms with Crippen LogP contribution >= 0.6 is 0 Å². The zero-order valence-electron chi connectivity index (χ0n) is 12.8. The summed E-state index contributed by atoms with van der Waals surface area (Å²) < 4.78 is 5.14. The van der Waals surface area contributed by atoms with E-state index in [1.54, 1.807) is 0 Å². The Bertz CT molecular complexity index is 528. The molecule has 4 heteroatoms. The normalized spacial score (nSPS) is 25.9. The summed E-state index contributed by atoms with van der Waals surface area (Å²) in [4.78, 5) is 23.6. The number of benzene rings is 1. The largest absolute Gasteiger partial charge is 0.460 e. The molecule has 2 fully saturated rings. The van der Waals surface area contributed by atoms with E-state index in [0.29, 0.717) is 12.3 Å². The Morgan fingerprint density at radius 3 is 2.64 bits per heavy atom. The summed E-state index contributed by atoms with van der Waals surface area (Å²) >= 11 is 0. The van der Waals surface area contributed by atoms with Crippen molar-refractivity contribution in [1.82, 2.24) is 5.32 Å². The molecule has 2 aliphatic carbocycles. The van der Waals surface area contributed by atoms with Crippen molar-refractivity contribution in [3.05, 3.63) is 35.9 Å². The van der Waals surface area contributed by atoms with Crippen molar-refractivity contribution in [1.29, 1.82) is 0 Å². The first-order valence-corrected chi connectivity index (χ1v) is 8.17. The first-order valence-electron chi connectivity index (χ1n) is 8.17. The Hall–Kier alpha value is -1.84. The van der Waals surface area contributed by atoms with Crippen molar-refractivity contribution in [2.45, 2.75) is 38.7 Å². The van der Waals surface area contributed by atoms with Crippen molar-refractivity contribution >= 4 is 11.9 Å². The van der Waals surface area contributed by atoms with E-state index in [1.807, 2.05) is 30.3 Å². The third-order valence-corrected chi connectivity index (χ3v) is 5.00. The van der Waals surface area contributed by atoms with Crippen LogP contribution in [0.15, 0.2) is 30.3 Å². The quantitative estimate of drug-likeness (QED) is 0.822. The van der Waals surface area contributed by atoms with Crippen molar-refractivity contribution in [3.8, 4) is 0 Å². The maximum Gasteiger partial charge on any atom is 0.325 e. The summed E-state index contributed by atoms with van der Waals surface area (Å²) in [6.45, 7) is 0.217. The molecule has 2 aliphatic rings. The number of carbonyl (C=O) groups is 2. The average molecular weight is 301 g/mol. The molecule has 22 heavy (non-hydrogen) atoms. The Kier molecular flexibility index (Phi) is 4.76. The molecule has 3 rings (SSSR count). The highest BCUT2D eigenvalue weighted by Gasteiger charge is 2.40. The van der Waals surface area contributed by atoms with Gasteiger partial charge in [0.1, 0.15) is 13.2 Å². The Labute approximate surface area is 131 Å². The Morgan fingerprint density at radius 1 is 1.14 bits per heavy atom. The summed E-state index contributed by atoms with van der Waals surface area (Å²) in [6, 6.07) is 9.53. The smallest absolute Gasteiger partial charge is 0.325 e. The van der Waals surface area contributed by atoms with Crippen molar-refractivity contribution in [2.75, 3.05) is 6.54 Å². The molecular weight excluding hydrogens is 278 g/mol. The molecular formula is C18H23NO3. The number of nitrogens with one attached hydrogen (secondary N) is 1. The third-order valence-electron chi connectivity index (χ3n) is 5.00. The maximum absolute atomic E-state index is 11.9. The number of ether oxygens (including phenoxy) is 1. The van der Waals surface area contributed by atoms with E-state index >= 15 is 0 Å². The van der Waals surface area contributed by atoms with Gasteiger partial charge in [0, 0.05) is 6.42 Å². The molecule has 1 aromatic rings. The molecule has 1 N–H and O–H groups in total. The summed E-state index contributed by atoms with van der Waals surface area (Å²) in [5.74, 6) is 1.71. The van der Waals surface area contributed by atoms with Crippen LogP contribution in [-0.4, -0.2) is 18.4 Å². The Balaban J connectivity index is 1.33. The molecule has 0 saturated heterocycles. The number of hydrogen-bond acceptors (Lipinski definition) is 3. The average Bonchev–Trinajstić information content (AvgIpc) is 3.14. The summed E-state index contributed by atoms with van der Waals surface area (Å²) in [6.07, 6.45) is 5.68. The van der Waals surface area contributed by atoms with Gasteiger partial charge in [0.25, 0.3) is 0 Å². The minimum absolute atomic E-state index is 0.0192. The molecule has 4 nitrogen and oxygen atoms in total. The van der Waals surface area contributed by atoms with Crippen LogP contribution in [0, 0.1) is 17.8 Å². The van der Waals surface area contributed by atoms with Crippen LogP contribution in [-0.2, 0) is 20.9 Å². The molecule has 0 aromatic heterocycles. The standard InChI is InChI=1S/C18H23NO3/c20-17(10-16-9-14-6-7-15(16)8-14)19-11-18(21)22-12-13-4-2-1-3-5-13/h1-5,14-16H,6-12H2,(H,19,20)/t14-,15+,16-/m0/s1. The number of hydrogen-bond donors (Lipinski definition) is 1. The van der Waals surface area contributed by atoms with Gasteiger partial charge in [0.15, 0.2) is 0 Å². The van der Waals surface area contributed by atoms with Gasteiger partial charge in [0.2, 0.25) is 5.91 Å². The highest BCUT2D eigenvalue weighted by molar-refractivity contribution is 5.82. The van der Waals surface area contributed by atoms with E-state index in [9.17, 15) is 9.59 Å². The lowest BCUT2D eigenvalue weighted by Crippen LogP contribution is -2.32. The van der Waals surface area contributed by atoms with Gasteiger partial charge in [-0.1, -0.05) is 36.8 Å². The molecule has 0 radical (unpaired) electrons. The summed E-state index contributed by atoms with van der Waals surface area (Å²) in [5.41, 5.74) is 0.948. The van der Waals surface area contributed by atoms with Gasteiger partial charge < -0.3 is 10.1 Å². The van der Waals surface area contributed by atoms with E-state index in [4.69, 9.17) is 4.74 Å². The predicted octanol–water partition coefficient (Wildman–Crippen LogP) is 2.67. The lowest BCUT2D eigenvalue weighted by Gasteiger charge is -2.20. The summed E-state index contributed by atoms with van der Waals surface area (Å²) in [5, 5.41) is 2.69. The van der Waals surface area contributed by atoms with Crippen molar-refractivity contribution in [2.24, 2.45) is 17.8 Å². The first-order chi connectivity index (χ1) is 10.7. The fraction of sp³-hybridized carbons (Fsp3) is 0.556. The lowest BCUT2D eigenvalue weighted by atomic mass is 9.86. The maximum atomic E-state index is 11.9. The fourth-order valence-electron chi connectivity index (χ4n) is 3.90. The third kappa shape index (κ3) is 3.87. The van der Waals surface area contributed by atoms with Crippen LogP contribution in [0.3, 0.4) is 0 Å². The molecule has 1 aromatic carbocycles. The lowest BCUT2D eigenvalue weighted by molar-refractivity contribution is -0.145. The SMILES string of the molecule is O=C(C[C@@H]1C[C@H]2CC[C@@H]1C2)NCC(=O)OCc1ccccc1. The van der Waals surface area contributed by atoms with Crippen LogP contribution in [0.5, 0.6) is 0 Å². The zero-order chi connectivity index (χ0) is 15.4. The summed E-state index contributed by atoms with van der Waals surface area (Å²) in [7, 11) is 0. The van der Waals surface area contributed by atoms with Crippen LogP contribution < -0.4 is 5.32 Å². The molecule has 0 heterocycles. The van der Waals surface area contributed by atoms with Crippen LogP contribution in [0.4, 0.5) is 0 Å². The fourth-order valence-corrected chi connectivity index (χ4v) is 3.90. The van der Waals surface area contributed by atoms with E-state index in [-0.39, 0.29) is 25.0 Å².